The van der Waals surface area contributed by atoms with Crippen LogP contribution in [0.3, 0.4) is 0 Å². The summed E-state index contributed by atoms with van der Waals surface area (Å²) in [5.74, 6) is -0.0956. The van der Waals surface area contributed by atoms with Crippen LogP contribution in [0.1, 0.15) is 13.3 Å². The number of methoxy groups -OCH3 is 1. The van der Waals surface area contributed by atoms with E-state index in [9.17, 15) is 9.59 Å². The lowest BCUT2D eigenvalue weighted by Crippen LogP contribution is -2.32. The minimum absolute atomic E-state index is 0.246. The number of hydrogen-bond acceptors (Lipinski definition) is 5. The zero-order chi connectivity index (χ0) is 11.0. The molecular weight excluding hydrogens is 204 g/mol. The summed E-state index contributed by atoms with van der Waals surface area (Å²) in [6.45, 7) is 2.59. The lowest BCUT2D eigenvalue weighted by atomic mass is 10.3. The molecule has 1 unspecified atom stereocenters. The third kappa shape index (κ3) is 6.73. The largest absolute Gasteiger partial charge is 0.453 e. The number of ether oxygens (including phenoxy) is 1. The second-order valence-corrected chi connectivity index (χ2v) is 4.17. The predicted octanol–water partition coefficient (Wildman–Crippen LogP) is 0.340. The highest BCUT2D eigenvalue weighted by molar-refractivity contribution is 8.00. The van der Waals surface area contributed by atoms with E-state index in [0.717, 1.165) is 6.42 Å². The number of hydrogen-bond donors (Lipinski definition) is 2. The third-order valence-corrected chi connectivity index (χ3v) is 2.73. The lowest BCUT2D eigenvalue weighted by Gasteiger charge is -2.08. The van der Waals surface area contributed by atoms with Gasteiger partial charge in [-0.15, -0.1) is 11.8 Å². The smallest absolute Gasteiger partial charge is 0.413 e. The van der Waals surface area contributed by atoms with Crippen LogP contribution in [0.15, 0.2) is 0 Å². The number of nitrogens with two attached hydrogens (primary N) is 1. The number of carbonyl (C=O) groups excluding carboxylic acids is 2. The number of carbonyl (C=O) groups is 2. The summed E-state index contributed by atoms with van der Waals surface area (Å²) in [7, 11) is 1.22. The van der Waals surface area contributed by atoms with E-state index >= 15 is 0 Å². The van der Waals surface area contributed by atoms with Crippen LogP contribution in [0.2, 0.25) is 0 Å². The zero-order valence-electron chi connectivity index (χ0n) is 8.41. The first-order valence-corrected chi connectivity index (χ1v) is 5.34. The van der Waals surface area contributed by atoms with Gasteiger partial charge >= 0.3 is 6.09 Å². The maximum Gasteiger partial charge on any atom is 0.413 e. The molecule has 0 spiro atoms. The monoisotopic (exact) mass is 220 g/mol. The van der Waals surface area contributed by atoms with Gasteiger partial charge in [0.2, 0.25) is 5.91 Å². The number of rotatable bonds is 5. The van der Waals surface area contributed by atoms with Crippen molar-refractivity contribution in [3.63, 3.8) is 0 Å². The number of imide groups is 1. The highest BCUT2D eigenvalue weighted by Gasteiger charge is 2.09. The second-order valence-electron chi connectivity index (χ2n) is 2.74. The highest BCUT2D eigenvalue weighted by atomic mass is 32.2. The summed E-state index contributed by atoms with van der Waals surface area (Å²) in [5.41, 5.74) is 5.35. The Morgan fingerprint density at radius 3 is 2.71 bits per heavy atom. The molecule has 2 amide bonds. The fourth-order valence-electron chi connectivity index (χ4n) is 0.737. The molecule has 0 saturated heterocycles. The summed E-state index contributed by atoms with van der Waals surface area (Å²) in [6, 6.07) is 0. The maximum atomic E-state index is 11.1. The van der Waals surface area contributed by atoms with Gasteiger partial charge in [0.25, 0.3) is 0 Å². The summed E-state index contributed by atoms with van der Waals surface area (Å²) in [6.07, 6.45) is 0.137. The number of nitrogens with one attached hydrogen (secondary N) is 1. The molecule has 0 aromatic carbocycles. The van der Waals surface area contributed by atoms with Gasteiger partial charge in [0, 0.05) is 5.25 Å². The Morgan fingerprint density at radius 2 is 2.21 bits per heavy atom. The molecule has 0 bridgehead atoms. The molecule has 0 aliphatic carbocycles. The van der Waals surface area contributed by atoms with Gasteiger partial charge in [-0.05, 0) is 13.0 Å². The van der Waals surface area contributed by atoms with Crippen molar-refractivity contribution in [2.75, 3.05) is 19.4 Å². The SMILES string of the molecule is COC(=O)NC(=O)CSC(C)CCN. The molecule has 6 heteroatoms. The van der Waals surface area contributed by atoms with E-state index in [1.807, 2.05) is 6.92 Å². The molecule has 5 nitrogen and oxygen atoms in total. The first-order chi connectivity index (χ1) is 6.60. The first kappa shape index (κ1) is 13.2. The molecule has 0 rings (SSSR count). The maximum absolute atomic E-state index is 11.1. The van der Waals surface area contributed by atoms with E-state index in [2.05, 4.69) is 10.1 Å². The first-order valence-electron chi connectivity index (χ1n) is 4.29. The van der Waals surface area contributed by atoms with E-state index in [1.165, 1.54) is 18.9 Å². The van der Waals surface area contributed by atoms with Crippen LogP contribution >= 0.6 is 11.8 Å². The van der Waals surface area contributed by atoms with Crippen molar-refractivity contribution in [3.05, 3.63) is 0 Å². The van der Waals surface area contributed by atoms with Gasteiger partial charge < -0.3 is 10.5 Å². The zero-order valence-corrected chi connectivity index (χ0v) is 9.23. The van der Waals surface area contributed by atoms with Crippen LogP contribution in [0.25, 0.3) is 0 Å². The highest BCUT2D eigenvalue weighted by Crippen LogP contribution is 2.12. The van der Waals surface area contributed by atoms with E-state index in [0.29, 0.717) is 11.8 Å². The molecule has 0 fully saturated rings. The summed E-state index contributed by atoms with van der Waals surface area (Å²) < 4.78 is 4.28. The van der Waals surface area contributed by atoms with Crippen molar-refractivity contribution in [2.24, 2.45) is 5.73 Å². The van der Waals surface area contributed by atoms with Crippen molar-refractivity contribution in [2.45, 2.75) is 18.6 Å². The van der Waals surface area contributed by atoms with Crippen LogP contribution in [0.4, 0.5) is 4.79 Å². The number of thioether (sulfide) groups is 1. The van der Waals surface area contributed by atoms with Crippen molar-refractivity contribution >= 4 is 23.8 Å². The van der Waals surface area contributed by atoms with Crippen LogP contribution in [-0.4, -0.2) is 36.7 Å². The predicted molar refractivity (Wildman–Crippen MR) is 56.1 cm³/mol. The van der Waals surface area contributed by atoms with E-state index in [1.54, 1.807) is 0 Å². The Balaban J connectivity index is 3.58. The molecule has 0 aliphatic rings. The Hall–Kier alpha value is -0.750. The van der Waals surface area contributed by atoms with Gasteiger partial charge in [-0.1, -0.05) is 6.92 Å². The normalized spacial score (nSPS) is 11.9. The molecular formula is C8H16N2O3S. The molecule has 0 saturated carbocycles. The Kier molecular flexibility index (Phi) is 7.23. The summed E-state index contributed by atoms with van der Waals surface area (Å²) >= 11 is 1.46. The van der Waals surface area contributed by atoms with Crippen molar-refractivity contribution in [1.82, 2.24) is 5.32 Å². The fourth-order valence-corrected chi connectivity index (χ4v) is 1.55. The average molecular weight is 220 g/mol. The molecule has 0 aliphatic heterocycles. The van der Waals surface area contributed by atoms with E-state index in [-0.39, 0.29) is 11.7 Å². The van der Waals surface area contributed by atoms with Crippen LogP contribution < -0.4 is 11.1 Å². The average Bonchev–Trinajstić information content (AvgIpc) is 2.15. The summed E-state index contributed by atoms with van der Waals surface area (Å²) in [5, 5.41) is 2.40. The van der Waals surface area contributed by atoms with Crippen LogP contribution in [0, 0.1) is 0 Å². The molecule has 0 radical (unpaired) electrons. The molecule has 3 N–H and O–H groups in total. The number of amides is 2. The minimum atomic E-state index is -0.720. The van der Waals surface area contributed by atoms with E-state index in [4.69, 9.17) is 5.73 Å². The van der Waals surface area contributed by atoms with Gasteiger partial charge in [-0.2, -0.15) is 0 Å². The third-order valence-electron chi connectivity index (χ3n) is 1.50. The van der Waals surface area contributed by atoms with Crippen molar-refractivity contribution < 1.29 is 14.3 Å². The van der Waals surface area contributed by atoms with Crippen LogP contribution in [0.5, 0.6) is 0 Å². The Morgan fingerprint density at radius 1 is 1.57 bits per heavy atom. The molecule has 0 aromatic heterocycles. The van der Waals surface area contributed by atoms with Gasteiger partial charge in [-0.3, -0.25) is 10.1 Å². The molecule has 0 aromatic rings. The Labute approximate surface area is 87.7 Å². The fraction of sp³-hybridized carbons (Fsp3) is 0.750. The topological polar surface area (TPSA) is 81.4 Å². The molecule has 1 atom stereocenters. The van der Waals surface area contributed by atoms with Crippen molar-refractivity contribution in [1.29, 1.82) is 0 Å². The van der Waals surface area contributed by atoms with Gasteiger partial charge in [-0.25, -0.2) is 4.79 Å². The standard InChI is InChI=1S/C8H16N2O3S/c1-6(3-4-9)14-5-7(11)10-8(12)13-2/h6H,3-5,9H2,1-2H3,(H,10,11,12). The lowest BCUT2D eigenvalue weighted by molar-refractivity contribution is -0.117. The second kappa shape index (κ2) is 7.64. The minimum Gasteiger partial charge on any atom is -0.453 e. The Bertz CT molecular complexity index is 199. The van der Waals surface area contributed by atoms with Crippen LogP contribution in [-0.2, 0) is 9.53 Å². The van der Waals surface area contributed by atoms with Gasteiger partial charge in [0.1, 0.15) is 0 Å². The van der Waals surface area contributed by atoms with Gasteiger partial charge in [0.05, 0.1) is 12.9 Å². The number of alkyl carbamates (subject to hydrolysis) is 1. The van der Waals surface area contributed by atoms with Gasteiger partial charge in [0.15, 0.2) is 0 Å². The summed E-state index contributed by atoms with van der Waals surface area (Å²) in [4.78, 5) is 21.7. The van der Waals surface area contributed by atoms with E-state index < -0.39 is 6.09 Å². The quantitative estimate of drug-likeness (QED) is 0.698. The molecule has 0 heterocycles. The van der Waals surface area contributed by atoms with Crippen molar-refractivity contribution in [3.8, 4) is 0 Å². The molecule has 14 heavy (non-hydrogen) atoms. The molecule has 82 valence electrons.